The van der Waals surface area contributed by atoms with Crippen molar-refractivity contribution in [3.8, 4) is 0 Å². The molecule has 2 heterocycles. The molecular formula is C11H10N2O3S. The second-order valence-corrected chi connectivity index (χ2v) is 4.19. The minimum atomic E-state index is -0.0300. The third kappa shape index (κ3) is 2.94. The fraction of sp³-hybridized carbons (Fsp3) is 0.0909. The van der Waals surface area contributed by atoms with Gasteiger partial charge in [-0.2, -0.15) is 0 Å². The minimum absolute atomic E-state index is 0.0300. The zero-order chi connectivity index (χ0) is 12.1. The number of hydrogen-bond donors (Lipinski definition) is 1. The van der Waals surface area contributed by atoms with E-state index in [4.69, 9.17) is 9.62 Å². The molecule has 6 heteroatoms. The molecule has 0 saturated carbocycles. The highest BCUT2D eigenvalue weighted by molar-refractivity contribution is 7.12. The maximum atomic E-state index is 11.6. The van der Waals surface area contributed by atoms with Gasteiger partial charge in [-0.1, -0.05) is 11.2 Å². The van der Waals surface area contributed by atoms with Crippen LogP contribution in [0, 0.1) is 5.21 Å². The Hall–Kier alpha value is -2.08. The molecule has 0 aromatic carbocycles. The summed E-state index contributed by atoms with van der Waals surface area (Å²) in [5, 5.41) is 25.4. The summed E-state index contributed by atoms with van der Waals surface area (Å²) in [4.78, 5) is 0.765. The summed E-state index contributed by atoms with van der Waals surface area (Å²) in [5.41, 5.74) is 0.331. The summed E-state index contributed by atoms with van der Waals surface area (Å²) >= 11 is 1.41. The summed E-state index contributed by atoms with van der Waals surface area (Å²) in [6, 6.07) is 6.99. The van der Waals surface area contributed by atoms with Crippen molar-refractivity contribution in [2.75, 3.05) is 6.54 Å². The van der Waals surface area contributed by atoms with Crippen LogP contribution in [0.4, 0.5) is 0 Å². The van der Waals surface area contributed by atoms with Crippen molar-refractivity contribution in [2.24, 2.45) is 5.16 Å². The van der Waals surface area contributed by atoms with Crippen LogP contribution in [0.5, 0.6) is 0 Å². The number of hydrogen-bond acceptors (Lipinski definition) is 5. The Labute approximate surface area is 102 Å². The quantitative estimate of drug-likeness (QED) is 0.297. The Balaban J connectivity index is 2.10. The molecule has 88 valence electrons. The number of furan rings is 1. The van der Waals surface area contributed by atoms with Gasteiger partial charge in [0.25, 0.3) is 0 Å². The maximum Gasteiger partial charge on any atom is 0.217 e. The summed E-state index contributed by atoms with van der Waals surface area (Å²) in [5.74, 6) is 0.462. The molecule has 0 atom stereocenters. The van der Waals surface area contributed by atoms with E-state index >= 15 is 0 Å². The molecular weight excluding hydrogens is 240 g/mol. The van der Waals surface area contributed by atoms with Gasteiger partial charge in [-0.3, -0.25) is 0 Å². The third-order valence-electron chi connectivity index (χ3n) is 2.05. The first kappa shape index (κ1) is 11.4. The standard InChI is InChI=1S/C11H10N2O3S/c14-12-10(11-4-2-6-17-11)8-13(15)7-9-3-1-5-16-9/h1-7,14H,8H2/b12-10-,13-7-. The molecule has 0 amide bonds. The third-order valence-corrected chi connectivity index (χ3v) is 2.97. The molecule has 2 aromatic rings. The molecule has 0 spiro atoms. The van der Waals surface area contributed by atoms with Crippen molar-refractivity contribution in [1.82, 2.24) is 0 Å². The summed E-state index contributed by atoms with van der Waals surface area (Å²) in [6.07, 6.45) is 2.79. The number of hydroxylamine groups is 1. The van der Waals surface area contributed by atoms with Gasteiger partial charge in [0.15, 0.2) is 18.0 Å². The van der Waals surface area contributed by atoms with Gasteiger partial charge in [-0.15, -0.1) is 11.3 Å². The van der Waals surface area contributed by atoms with Crippen molar-refractivity contribution < 1.29 is 14.4 Å². The van der Waals surface area contributed by atoms with Crippen molar-refractivity contribution in [2.45, 2.75) is 0 Å². The Bertz CT molecular complexity index is 515. The van der Waals surface area contributed by atoms with Gasteiger partial charge in [0.05, 0.1) is 11.1 Å². The fourth-order valence-electron chi connectivity index (χ4n) is 1.30. The average Bonchev–Trinajstić information content (AvgIpc) is 2.97. The van der Waals surface area contributed by atoms with Crippen LogP contribution >= 0.6 is 11.3 Å². The Morgan fingerprint density at radius 3 is 3.00 bits per heavy atom. The van der Waals surface area contributed by atoms with Crippen molar-refractivity contribution >= 4 is 23.3 Å². The molecule has 5 nitrogen and oxygen atoms in total. The van der Waals surface area contributed by atoms with Crippen molar-refractivity contribution in [1.29, 1.82) is 0 Å². The molecule has 2 aromatic heterocycles. The molecule has 2 rings (SSSR count). The van der Waals surface area contributed by atoms with Gasteiger partial charge >= 0.3 is 0 Å². The smallest absolute Gasteiger partial charge is 0.217 e. The van der Waals surface area contributed by atoms with Crippen molar-refractivity contribution in [3.63, 3.8) is 0 Å². The van der Waals surface area contributed by atoms with Gasteiger partial charge < -0.3 is 14.8 Å². The van der Waals surface area contributed by atoms with E-state index in [1.54, 1.807) is 18.2 Å². The van der Waals surface area contributed by atoms with Gasteiger partial charge in [-0.25, -0.2) is 4.74 Å². The first-order chi connectivity index (χ1) is 8.29. The molecule has 17 heavy (non-hydrogen) atoms. The van der Waals surface area contributed by atoms with E-state index in [1.807, 2.05) is 11.4 Å². The Morgan fingerprint density at radius 2 is 2.41 bits per heavy atom. The van der Waals surface area contributed by atoms with Crippen LogP contribution in [-0.4, -0.2) is 28.4 Å². The zero-order valence-electron chi connectivity index (χ0n) is 8.81. The number of oxime groups is 1. The SMILES string of the molecule is [O-]/[N+](=C\c1ccco1)C/C(=N/O)c1cccs1. The molecule has 0 bridgehead atoms. The van der Waals surface area contributed by atoms with E-state index in [0.29, 0.717) is 16.2 Å². The molecule has 0 saturated heterocycles. The van der Waals surface area contributed by atoms with Crippen LogP contribution in [0.25, 0.3) is 0 Å². The monoisotopic (exact) mass is 250 g/mol. The van der Waals surface area contributed by atoms with E-state index in [-0.39, 0.29) is 6.54 Å². The topological polar surface area (TPSA) is 71.8 Å². The highest BCUT2D eigenvalue weighted by Crippen LogP contribution is 2.10. The summed E-state index contributed by atoms with van der Waals surface area (Å²) in [6.45, 7) is -0.0300. The Kier molecular flexibility index (Phi) is 3.56. The first-order valence-corrected chi connectivity index (χ1v) is 5.74. The lowest BCUT2D eigenvalue weighted by Crippen LogP contribution is -2.17. The molecule has 0 radical (unpaired) electrons. The number of nitrogens with zero attached hydrogens (tertiary/aromatic N) is 2. The minimum Gasteiger partial charge on any atom is -0.623 e. The average molecular weight is 250 g/mol. The lowest BCUT2D eigenvalue weighted by Gasteiger charge is -2.03. The van der Waals surface area contributed by atoms with Gasteiger partial charge in [0, 0.05) is 0 Å². The van der Waals surface area contributed by atoms with Gasteiger partial charge in [0.2, 0.25) is 6.21 Å². The summed E-state index contributed by atoms with van der Waals surface area (Å²) in [7, 11) is 0. The molecule has 0 unspecified atom stereocenters. The van der Waals surface area contributed by atoms with Crippen LogP contribution in [0.3, 0.4) is 0 Å². The normalized spacial score (nSPS) is 12.9. The van der Waals surface area contributed by atoms with E-state index in [9.17, 15) is 5.21 Å². The second-order valence-electron chi connectivity index (χ2n) is 3.24. The van der Waals surface area contributed by atoms with E-state index in [0.717, 1.165) is 4.88 Å². The van der Waals surface area contributed by atoms with Crippen LogP contribution < -0.4 is 0 Å². The van der Waals surface area contributed by atoms with E-state index in [2.05, 4.69) is 5.16 Å². The first-order valence-electron chi connectivity index (χ1n) is 4.86. The van der Waals surface area contributed by atoms with Crippen LogP contribution in [0.15, 0.2) is 45.5 Å². The van der Waals surface area contributed by atoms with Gasteiger partial charge in [0.1, 0.15) is 0 Å². The van der Waals surface area contributed by atoms with E-state index in [1.165, 1.54) is 23.8 Å². The molecule has 0 fully saturated rings. The predicted molar refractivity (Wildman–Crippen MR) is 65.0 cm³/mol. The molecule has 0 aliphatic rings. The van der Waals surface area contributed by atoms with Crippen LogP contribution in [0.2, 0.25) is 0 Å². The largest absolute Gasteiger partial charge is 0.623 e. The molecule has 0 aliphatic heterocycles. The van der Waals surface area contributed by atoms with Crippen LogP contribution in [0.1, 0.15) is 10.6 Å². The maximum absolute atomic E-state index is 11.6. The summed E-state index contributed by atoms with van der Waals surface area (Å²) < 4.78 is 5.67. The highest BCUT2D eigenvalue weighted by Gasteiger charge is 2.10. The molecule has 1 N–H and O–H groups in total. The van der Waals surface area contributed by atoms with E-state index < -0.39 is 0 Å². The lowest BCUT2D eigenvalue weighted by molar-refractivity contribution is -0.435. The number of thiophene rings is 1. The van der Waals surface area contributed by atoms with Crippen molar-refractivity contribution in [3.05, 3.63) is 51.8 Å². The predicted octanol–water partition coefficient (Wildman–Crippen LogP) is 2.15. The fourth-order valence-corrected chi connectivity index (χ4v) is 2.00. The zero-order valence-corrected chi connectivity index (χ0v) is 9.63. The van der Waals surface area contributed by atoms with Gasteiger partial charge in [-0.05, 0) is 23.6 Å². The highest BCUT2D eigenvalue weighted by atomic mass is 32.1. The lowest BCUT2D eigenvalue weighted by atomic mass is 10.3. The Morgan fingerprint density at radius 1 is 1.53 bits per heavy atom. The molecule has 0 aliphatic carbocycles. The number of rotatable bonds is 4. The van der Waals surface area contributed by atoms with Crippen LogP contribution in [-0.2, 0) is 0 Å². The second kappa shape index (κ2) is 5.31.